The predicted molar refractivity (Wildman–Crippen MR) is 99.8 cm³/mol. The van der Waals surface area contributed by atoms with Gasteiger partial charge in [0.1, 0.15) is 11.2 Å². The third-order valence-electron chi connectivity index (χ3n) is 3.96. The van der Waals surface area contributed by atoms with Gasteiger partial charge in [-0.3, -0.25) is 9.59 Å². The van der Waals surface area contributed by atoms with Crippen LogP contribution >= 0.6 is 0 Å². The van der Waals surface area contributed by atoms with Crippen LogP contribution in [0, 0.1) is 12.3 Å². The van der Waals surface area contributed by atoms with Gasteiger partial charge in [0, 0.05) is 5.69 Å². The molecule has 0 aliphatic rings. The van der Waals surface area contributed by atoms with Gasteiger partial charge in [-0.2, -0.15) is 0 Å². The van der Waals surface area contributed by atoms with Crippen molar-refractivity contribution in [3.63, 3.8) is 0 Å². The summed E-state index contributed by atoms with van der Waals surface area (Å²) >= 11 is 0. The van der Waals surface area contributed by atoms with Crippen LogP contribution in [0.5, 0.6) is 5.75 Å². The molecule has 2 amide bonds. The molecule has 5 nitrogen and oxygen atoms in total. The monoisotopic (exact) mass is 340 g/mol. The van der Waals surface area contributed by atoms with E-state index in [9.17, 15) is 9.59 Å². The summed E-state index contributed by atoms with van der Waals surface area (Å²) in [6, 6.07) is 14.6. The number of aryl methyl sites for hydroxylation is 1. The SMILES string of the molecule is CCOc1ccccc1NC(=O)C(C)(C)C(=O)Nc1ccccc1C. The standard InChI is InChI=1S/C20H24N2O3/c1-5-25-17-13-9-8-12-16(17)22-19(24)20(3,4)18(23)21-15-11-7-6-10-14(15)2/h6-13H,5H2,1-4H3,(H,21,23)(H,22,24). The van der Waals surface area contributed by atoms with E-state index in [1.165, 1.54) is 0 Å². The lowest BCUT2D eigenvalue weighted by Crippen LogP contribution is -2.41. The molecular weight excluding hydrogens is 316 g/mol. The summed E-state index contributed by atoms with van der Waals surface area (Å²) < 4.78 is 5.51. The van der Waals surface area contributed by atoms with E-state index in [0.717, 1.165) is 5.56 Å². The maximum absolute atomic E-state index is 12.7. The lowest BCUT2D eigenvalue weighted by Gasteiger charge is -2.24. The molecule has 132 valence electrons. The zero-order valence-electron chi connectivity index (χ0n) is 15.1. The van der Waals surface area contributed by atoms with Crippen LogP contribution < -0.4 is 15.4 Å². The Bertz CT molecular complexity index is 769. The zero-order chi connectivity index (χ0) is 18.4. The van der Waals surface area contributed by atoms with E-state index in [1.54, 1.807) is 32.0 Å². The molecule has 0 aliphatic heterocycles. The van der Waals surface area contributed by atoms with Gasteiger partial charge in [-0.15, -0.1) is 0 Å². The van der Waals surface area contributed by atoms with Crippen molar-refractivity contribution in [3.05, 3.63) is 54.1 Å². The smallest absolute Gasteiger partial charge is 0.239 e. The molecule has 0 radical (unpaired) electrons. The number of carbonyl (C=O) groups is 2. The van der Waals surface area contributed by atoms with Gasteiger partial charge in [0.25, 0.3) is 0 Å². The Labute approximate surface area is 148 Å². The van der Waals surface area contributed by atoms with Crippen molar-refractivity contribution in [2.75, 3.05) is 17.2 Å². The molecule has 2 aromatic carbocycles. The number of rotatable bonds is 6. The van der Waals surface area contributed by atoms with Gasteiger partial charge >= 0.3 is 0 Å². The zero-order valence-corrected chi connectivity index (χ0v) is 15.1. The molecule has 5 heteroatoms. The number of para-hydroxylation sites is 3. The number of hydrogen-bond donors (Lipinski definition) is 2. The first-order chi connectivity index (χ1) is 11.9. The molecule has 0 spiro atoms. The van der Waals surface area contributed by atoms with Crippen LogP contribution in [0.25, 0.3) is 0 Å². The van der Waals surface area contributed by atoms with Gasteiger partial charge in [-0.25, -0.2) is 0 Å². The average Bonchev–Trinajstić information content (AvgIpc) is 2.58. The summed E-state index contributed by atoms with van der Waals surface area (Å²) in [6.45, 7) is 7.46. The third-order valence-corrected chi connectivity index (χ3v) is 3.96. The molecule has 0 aromatic heterocycles. The fourth-order valence-corrected chi connectivity index (χ4v) is 2.22. The highest BCUT2D eigenvalue weighted by atomic mass is 16.5. The second-order valence-electron chi connectivity index (χ2n) is 6.28. The largest absolute Gasteiger partial charge is 0.492 e. The van der Waals surface area contributed by atoms with E-state index in [-0.39, 0.29) is 5.91 Å². The van der Waals surface area contributed by atoms with Crippen molar-refractivity contribution in [3.8, 4) is 5.75 Å². The summed E-state index contributed by atoms with van der Waals surface area (Å²) in [6.07, 6.45) is 0. The number of anilines is 2. The Morgan fingerprint density at radius 1 is 0.920 bits per heavy atom. The lowest BCUT2D eigenvalue weighted by atomic mass is 9.90. The maximum atomic E-state index is 12.7. The Morgan fingerprint density at radius 2 is 1.44 bits per heavy atom. The van der Waals surface area contributed by atoms with Crippen LogP contribution in [0.4, 0.5) is 11.4 Å². The van der Waals surface area contributed by atoms with E-state index in [0.29, 0.717) is 23.7 Å². The topological polar surface area (TPSA) is 67.4 Å². The Hall–Kier alpha value is -2.82. The van der Waals surface area contributed by atoms with Gasteiger partial charge in [-0.05, 0) is 51.5 Å². The quantitative estimate of drug-likeness (QED) is 0.781. The van der Waals surface area contributed by atoms with Crippen molar-refractivity contribution >= 4 is 23.2 Å². The number of carbonyl (C=O) groups excluding carboxylic acids is 2. The molecule has 25 heavy (non-hydrogen) atoms. The first-order valence-electron chi connectivity index (χ1n) is 8.26. The molecule has 0 bridgehead atoms. The van der Waals surface area contributed by atoms with Crippen LogP contribution in [-0.2, 0) is 9.59 Å². The summed E-state index contributed by atoms with van der Waals surface area (Å²) in [5, 5.41) is 5.62. The van der Waals surface area contributed by atoms with Crippen molar-refractivity contribution < 1.29 is 14.3 Å². The number of hydrogen-bond acceptors (Lipinski definition) is 3. The first kappa shape index (κ1) is 18.5. The lowest BCUT2D eigenvalue weighted by molar-refractivity contribution is -0.135. The second kappa shape index (κ2) is 7.83. The minimum absolute atomic E-state index is 0.367. The van der Waals surface area contributed by atoms with Crippen LogP contribution in [-0.4, -0.2) is 18.4 Å². The Kier molecular flexibility index (Phi) is 5.80. The highest BCUT2D eigenvalue weighted by molar-refractivity contribution is 6.14. The fourth-order valence-electron chi connectivity index (χ4n) is 2.22. The predicted octanol–water partition coefficient (Wildman–Crippen LogP) is 4.00. The van der Waals surface area contributed by atoms with Crippen molar-refractivity contribution in [1.29, 1.82) is 0 Å². The van der Waals surface area contributed by atoms with Gasteiger partial charge < -0.3 is 15.4 Å². The van der Waals surface area contributed by atoms with Crippen molar-refractivity contribution in [1.82, 2.24) is 0 Å². The summed E-state index contributed by atoms with van der Waals surface area (Å²) in [5.41, 5.74) is 0.935. The summed E-state index contributed by atoms with van der Waals surface area (Å²) in [5.74, 6) is -0.188. The van der Waals surface area contributed by atoms with Crippen LogP contribution in [0.15, 0.2) is 48.5 Å². The Morgan fingerprint density at radius 3 is 2.04 bits per heavy atom. The molecule has 2 rings (SSSR count). The summed E-state index contributed by atoms with van der Waals surface area (Å²) in [7, 11) is 0. The fraction of sp³-hybridized carbons (Fsp3) is 0.300. The van der Waals surface area contributed by atoms with E-state index in [4.69, 9.17) is 4.74 Å². The summed E-state index contributed by atoms with van der Waals surface area (Å²) in [4.78, 5) is 25.3. The molecule has 0 heterocycles. The molecule has 0 saturated carbocycles. The molecule has 0 fully saturated rings. The van der Waals surface area contributed by atoms with Crippen molar-refractivity contribution in [2.24, 2.45) is 5.41 Å². The van der Waals surface area contributed by atoms with Gasteiger partial charge in [0.15, 0.2) is 0 Å². The highest BCUT2D eigenvalue weighted by Gasteiger charge is 2.36. The number of benzene rings is 2. The first-order valence-corrected chi connectivity index (χ1v) is 8.26. The van der Waals surface area contributed by atoms with E-state index < -0.39 is 11.3 Å². The number of nitrogens with one attached hydrogen (secondary N) is 2. The second-order valence-corrected chi connectivity index (χ2v) is 6.28. The van der Waals surface area contributed by atoms with Gasteiger partial charge in [0.05, 0.1) is 12.3 Å². The number of amides is 2. The maximum Gasteiger partial charge on any atom is 0.239 e. The average molecular weight is 340 g/mol. The molecule has 0 saturated heterocycles. The molecule has 0 atom stereocenters. The van der Waals surface area contributed by atoms with E-state index in [2.05, 4.69) is 10.6 Å². The number of ether oxygens (including phenoxy) is 1. The molecule has 0 aliphatic carbocycles. The molecule has 2 aromatic rings. The van der Waals surface area contributed by atoms with Crippen LogP contribution in [0.3, 0.4) is 0 Å². The molecular formula is C20H24N2O3. The van der Waals surface area contributed by atoms with Crippen molar-refractivity contribution in [2.45, 2.75) is 27.7 Å². The molecule has 0 unspecified atom stereocenters. The van der Waals surface area contributed by atoms with Gasteiger partial charge in [0.2, 0.25) is 11.8 Å². The van der Waals surface area contributed by atoms with E-state index >= 15 is 0 Å². The van der Waals surface area contributed by atoms with Gasteiger partial charge in [-0.1, -0.05) is 30.3 Å². The minimum atomic E-state index is -1.25. The normalized spacial score (nSPS) is 10.9. The van der Waals surface area contributed by atoms with Crippen LogP contribution in [0.1, 0.15) is 26.3 Å². The molecule has 2 N–H and O–H groups in total. The Balaban J connectivity index is 2.14. The third kappa shape index (κ3) is 4.38. The minimum Gasteiger partial charge on any atom is -0.492 e. The highest BCUT2D eigenvalue weighted by Crippen LogP contribution is 2.27. The van der Waals surface area contributed by atoms with Crippen LogP contribution in [0.2, 0.25) is 0 Å². The van der Waals surface area contributed by atoms with E-state index in [1.807, 2.05) is 44.2 Å².